The van der Waals surface area contributed by atoms with Gasteiger partial charge in [0.2, 0.25) is 0 Å². The zero-order valence-electron chi connectivity index (χ0n) is 26.3. The summed E-state index contributed by atoms with van der Waals surface area (Å²) in [7, 11) is 0. The predicted molar refractivity (Wildman–Crippen MR) is 206 cm³/mol. The van der Waals surface area contributed by atoms with Crippen LogP contribution >= 0.6 is 0 Å². The van der Waals surface area contributed by atoms with Gasteiger partial charge in [-0.25, -0.2) is 0 Å². The van der Waals surface area contributed by atoms with Crippen LogP contribution in [0.1, 0.15) is 0 Å². The van der Waals surface area contributed by atoms with E-state index in [1.54, 1.807) is 0 Å². The Hall–Kier alpha value is -5.93. The van der Waals surface area contributed by atoms with Crippen molar-refractivity contribution < 1.29 is 0 Å². The van der Waals surface area contributed by atoms with E-state index in [1.165, 1.54) is 62.7 Å². The Morgan fingerprint density at radius 2 is 0.878 bits per heavy atom. The second-order valence-electron chi connectivity index (χ2n) is 12.4. The summed E-state index contributed by atoms with van der Waals surface area (Å²) in [5.41, 5.74) is 5.53. The van der Waals surface area contributed by atoms with Crippen molar-refractivity contribution in [3.63, 3.8) is 0 Å². The van der Waals surface area contributed by atoms with E-state index in [0.717, 1.165) is 16.7 Å². The molecule has 0 amide bonds. The van der Waals surface area contributed by atoms with Gasteiger partial charge in [0.05, 0.1) is 0 Å². The fourth-order valence-electron chi connectivity index (χ4n) is 7.09. The topological polar surface area (TPSA) is 38.7 Å². The molecule has 0 N–H and O–H groups in total. The molecule has 0 bridgehead atoms. The molecule has 0 saturated heterocycles. The third kappa shape index (κ3) is 4.76. The van der Waals surface area contributed by atoms with Crippen molar-refractivity contribution in [1.29, 1.82) is 0 Å². The van der Waals surface area contributed by atoms with E-state index in [9.17, 15) is 0 Å². The first kappa shape index (κ1) is 28.1. The van der Waals surface area contributed by atoms with Gasteiger partial charge in [0.25, 0.3) is 0 Å². The van der Waals surface area contributed by atoms with Gasteiger partial charge in [0.15, 0.2) is 0 Å². The van der Waals surface area contributed by atoms with E-state index >= 15 is 0 Å². The number of benzene rings is 8. The van der Waals surface area contributed by atoms with E-state index < -0.39 is 0 Å². The molecule has 0 aliphatic heterocycles. The molecule has 8 aromatic carbocycles. The van der Waals surface area contributed by atoms with Crippen LogP contribution < -0.4 is 0 Å². The fourth-order valence-corrected chi connectivity index (χ4v) is 9.77. The summed E-state index contributed by atoms with van der Waals surface area (Å²) in [5.74, 6) is 2.03. The van der Waals surface area contributed by atoms with Gasteiger partial charge in [-0.05, 0) is 5.39 Å². The molecule has 4 heteroatoms. The SMILES string of the molecule is c1ccc(-c2nc(-c3ccc4c(c3)[se]c3c(-c5ccccc5)cccc34)nc(-c3ccc4ccc5c6ccccc6ccc5c4c3)n2)cc1. The molecule has 3 nitrogen and oxygen atoms in total. The van der Waals surface area contributed by atoms with Gasteiger partial charge in [-0.15, -0.1) is 0 Å². The van der Waals surface area contributed by atoms with Crippen molar-refractivity contribution in [2.45, 2.75) is 0 Å². The molecule has 0 saturated carbocycles. The zero-order chi connectivity index (χ0) is 32.3. The molecule has 0 fully saturated rings. The quantitative estimate of drug-likeness (QED) is 0.136. The van der Waals surface area contributed by atoms with Crippen molar-refractivity contribution in [3.05, 3.63) is 164 Å². The Kier molecular flexibility index (Phi) is 6.51. The molecule has 0 aliphatic carbocycles. The maximum absolute atomic E-state index is 5.16. The van der Waals surface area contributed by atoms with Crippen LogP contribution in [0.4, 0.5) is 0 Å². The molecule has 228 valence electrons. The summed E-state index contributed by atoms with van der Waals surface area (Å²) < 4.78 is 2.79. The molecule has 2 aromatic heterocycles. The summed E-state index contributed by atoms with van der Waals surface area (Å²) in [4.78, 5) is 15.3. The van der Waals surface area contributed by atoms with Crippen LogP contribution in [-0.4, -0.2) is 29.5 Å². The normalized spacial score (nSPS) is 11.7. The number of fused-ring (bicyclic) bond motifs is 8. The maximum atomic E-state index is 5.16. The first-order chi connectivity index (χ1) is 24.3. The Bertz CT molecular complexity index is 2880. The minimum absolute atomic E-state index is 0.162. The molecule has 0 aliphatic rings. The third-order valence-corrected chi connectivity index (χ3v) is 12.0. The molecule has 2 heterocycles. The van der Waals surface area contributed by atoms with Gasteiger partial charge in [-0.3, -0.25) is 0 Å². The van der Waals surface area contributed by atoms with E-state index in [2.05, 4.69) is 146 Å². The third-order valence-electron chi connectivity index (χ3n) is 9.51. The minimum atomic E-state index is 0.162. The molecule has 10 rings (SSSR count). The number of hydrogen-bond acceptors (Lipinski definition) is 3. The zero-order valence-corrected chi connectivity index (χ0v) is 28.1. The van der Waals surface area contributed by atoms with Gasteiger partial charge < -0.3 is 0 Å². The Morgan fingerprint density at radius 1 is 0.327 bits per heavy atom. The van der Waals surface area contributed by atoms with Crippen LogP contribution in [0.3, 0.4) is 0 Å². The predicted octanol–water partition coefficient (Wildman–Crippen LogP) is 11.4. The van der Waals surface area contributed by atoms with Gasteiger partial charge in [-0.1, -0.05) is 24.3 Å². The van der Waals surface area contributed by atoms with E-state index in [0.29, 0.717) is 17.5 Å². The Balaban J connectivity index is 1.16. The van der Waals surface area contributed by atoms with E-state index in [4.69, 9.17) is 15.0 Å². The van der Waals surface area contributed by atoms with Crippen molar-refractivity contribution in [2.75, 3.05) is 0 Å². The molecule has 49 heavy (non-hydrogen) atoms. The number of aromatic nitrogens is 3. The summed E-state index contributed by atoms with van der Waals surface area (Å²) in [6, 6.07) is 58.4. The Labute approximate surface area is 288 Å². The first-order valence-corrected chi connectivity index (χ1v) is 18.2. The van der Waals surface area contributed by atoms with Crippen LogP contribution in [0.25, 0.3) is 96.9 Å². The molecule has 0 atom stereocenters. The Morgan fingerprint density at radius 3 is 1.65 bits per heavy atom. The van der Waals surface area contributed by atoms with E-state index in [-0.39, 0.29) is 14.5 Å². The molecule has 0 unspecified atom stereocenters. The average molecular weight is 689 g/mol. The molecule has 0 spiro atoms. The van der Waals surface area contributed by atoms with Crippen molar-refractivity contribution in [2.24, 2.45) is 0 Å². The second-order valence-corrected chi connectivity index (χ2v) is 14.6. The van der Waals surface area contributed by atoms with Crippen LogP contribution in [0.15, 0.2) is 164 Å². The van der Waals surface area contributed by atoms with Crippen LogP contribution in [-0.2, 0) is 0 Å². The van der Waals surface area contributed by atoms with Gasteiger partial charge in [-0.2, -0.15) is 0 Å². The number of rotatable bonds is 4. The number of hydrogen-bond donors (Lipinski definition) is 0. The van der Waals surface area contributed by atoms with Gasteiger partial charge in [0.1, 0.15) is 0 Å². The summed E-state index contributed by atoms with van der Waals surface area (Å²) in [5, 5.41) is 10.0. The molecule has 10 aromatic rings. The van der Waals surface area contributed by atoms with Crippen molar-refractivity contribution >= 4 is 66.1 Å². The molecule has 0 radical (unpaired) electrons. The summed E-state index contributed by atoms with van der Waals surface area (Å²) >= 11 is 0.162. The van der Waals surface area contributed by atoms with E-state index in [1.807, 2.05) is 18.2 Å². The van der Waals surface area contributed by atoms with Gasteiger partial charge in [0, 0.05) is 0 Å². The van der Waals surface area contributed by atoms with Gasteiger partial charge >= 0.3 is 260 Å². The standard InChI is InChI=1S/C45H27N3Se/c1-3-10-28(11-4-1)35-16-9-17-39-38-25-22-33(27-41(38)49-42(35)39)45-47-43(31-13-5-2-6-14-31)46-44(48-45)32-19-18-30-21-23-36-34-15-8-7-12-29(34)20-24-37(36)40(30)26-32/h1-27H. The second kappa shape index (κ2) is 11.3. The van der Waals surface area contributed by atoms with Crippen molar-refractivity contribution in [1.82, 2.24) is 15.0 Å². The summed E-state index contributed by atoms with van der Waals surface area (Å²) in [6.07, 6.45) is 0. The average Bonchev–Trinajstić information content (AvgIpc) is 3.56. The summed E-state index contributed by atoms with van der Waals surface area (Å²) in [6.45, 7) is 0. The number of nitrogens with zero attached hydrogens (tertiary/aromatic N) is 3. The molecular formula is C45H27N3Se. The van der Waals surface area contributed by atoms with Crippen molar-refractivity contribution in [3.8, 4) is 45.3 Å². The van der Waals surface area contributed by atoms with Crippen LogP contribution in [0, 0.1) is 0 Å². The monoisotopic (exact) mass is 689 g/mol. The molecular weight excluding hydrogens is 661 g/mol. The van der Waals surface area contributed by atoms with Crippen LogP contribution in [0.2, 0.25) is 0 Å². The fraction of sp³-hybridized carbons (Fsp3) is 0. The first-order valence-electron chi connectivity index (χ1n) is 16.4. The van der Waals surface area contributed by atoms with Crippen LogP contribution in [0.5, 0.6) is 0 Å².